The van der Waals surface area contributed by atoms with Crippen molar-refractivity contribution in [2.45, 2.75) is 38.4 Å². The van der Waals surface area contributed by atoms with Crippen LogP contribution in [0.2, 0.25) is 0 Å². The van der Waals surface area contributed by atoms with Gasteiger partial charge in [0.05, 0.1) is 23.2 Å². The summed E-state index contributed by atoms with van der Waals surface area (Å²) >= 11 is 1.16. The number of thiazole rings is 1. The van der Waals surface area contributed by atoms with Crippen molar-refractivity contribution in [3.8, 4) is 0 Å². The number of hydrogen-bond donors (Lipinski definition) is 1. The number of amides is 1. The van der Waals surface area contributed by atoms with Crippen LogP contribution in [0.1, 0.15) is 39.3 Å². The van der Waals surface area contributed by atoms with Gasteiger partial charge in [0.15, 0.2) is 11.5 Å². The lowest BCUT2D eigenvalue weighted by molar-refractivity contribution is -0.137. The molecule has 1 aliphatic heterocycles. The zero-order valence-corrected chi connectivity index (χ0v) is 20.6. The van der Waals surface area contributed by atoms with Gasteiger partial charge < -0.3 is 10.2 Å². The molecule has 13 heteroatoms. The smallest absolute Gasteiger partial charge is 0.368 e. The van der Waals surface area contributed by atoms with Crippen LogP contribution in [0.15, 0.2) is 41.0 Å². The predicted molar refractivity (Wildman–Crippen MR) is 129 cm³/mol. The number of alkyl halides is 5. The third-order valence-corrected chi connectivity index (χ3v) is 6.54. The van der Waals surface area contributed by atoms with Crippen molar-refractivity contribution >= 4 is 35.1 Å². The largest absolute Gasteiger partial charge is 0.417 e. The number of nitrogens with zero attached hydrogens (tertiary/aromatic N) is 5. The molecule has 3 heterocycles. The van der Waals surface area contributed by atoms with Crippen LogP contribution in [-0.4, -0.2) is 64.9 Å². The lowest BCUT2D eigenvalue weighted by atomic mass is 9.88. The van der Waals surface area contributed by atoms with E-state index < -0.39 is 48.5 Å². The number of allylic oxidation sites excluding steroid dienone is 1. The minimum Gasteiger partial charge on any atom is -0.368 e. The number of likely N-dealkylation sites (tertiary alicyclic amines) is 1. The van der Waals surface area contributed by atoms with Gasteiger partial charge in [-0.05, 0) is 25.0 Å². The highest BCUT2D eigenvalue weighted by Gasteiger charge is 2.47. The summed E-state index contributed by atoms with van der Waals surface area (Å²) in [6.07, 6.45) is -1.46. The van der Waals surface area contributed by atoms with Crippen molar-refractivity contribution < 1.29 is 26.7 Å². The van der Waals surface area contributed by atoms with E-state index in [4.69, 9.17) is 0 Å². The molecule has 7 nitrogen and oxygen atoms in total. The number of piperidine rings is 1. The summed E-state index contributed by atoms with van der Waals surface area (Å²) in [5.41, 5.74) is -0.948. The van der Waals surface area contributed by atoms with Crippen LogP contribution >= 0.6 is 11.3 Å². The Morgan fingerprint density at radius 1 is 1.39 bits per heavy atom. The third kappa shape index (κ3) is 6.31. The Kier molecular flexibility index (Phi) is 8.22. The van der Waals surface area contributed by atoms with Gasteiger partial charge in [-0.25, -0.2) is 23.7 Å². The molecule has 36 heavy (non-hydrogen) atoms. The number of aromatic nitrogens is 2. The van der Waals surface area contributed by atoms with Crippen molar-refractivity contribution in [3.05, 3.63) is 52.1 Å². The molecule has 0 bridgehead atoms. The molecule has 1 saturated heterocycles. The molecule has 2 aromatic heterocycles. The quantitative estimate of drug-likeness (QED) is 0.322. The summed E-state index contributed by atoms with van der Waals surface area (Å²) < 4.78 is 67.5. The zero-order chi connectivity index (χ0) is 26.7. The van der Waals surface area contributed by atoms with Gasteiger partial charge in [0.25, 0.3) is 11.8 Å². The van der Waals surface area contributed by atoms with Gasteiger partial charge in [-0.2, -0.15) is 13.2 Å². The standard InChI is InChI=1S/C23H25F5N6OS/c1-5-8-30-20(29-4)19-18(33-14(3)36-19)21(35)34-12-22(24,25)9-13(2)16(34)11-32-17-7-6-15(10-31-17)23(26,27)28/h5-8,10,13,16H,1,9,11-12H2,2-4H3,(H,31,32). The number of nitrogens with one attached hydrogen (secondary N) is 1. The van der Waals surface area contributed by atoms with Gasteiger partial charge in [0.1, 0.15) is 10.7 Å². The molecular weight excluding hydrogens is 503 g/mol. The first-order chi connectivity index (χ1) is 16.9. The number of halogens is 5. The van der Waals surface area contributed by atoms with Gasteiger partial charge in [-0.3, -0.25) is 9.79 Å². The molecular formula is C23H25F5N6OS. The van der Waals surface area contributed by atoms with Gasteiger partial charge in [-0.1, -0.05) is 19.6 Å². The molecule has 2 unspecified atom stereocenters. The van der Waals surface area contributed by atoms with Crippen LogP contribution < -0.4 is 5.32 Å². The van der Waals surface area contributed by atoms with E-state index in [9.17, 15) is 26.7 Å². The fourth-order valence-electron chi connectivity index (χ4n) is 3.96. The second-order valence-corrected chi connectivity index (χ2v) is 9.52. The molecule has 1 amide bonds. The van der Waals surface area contributed by atoms with E-state index >= 15 is 0 Å². The Labute approximate surface area is 208 Å². The maximum absolute atomic E-state index is 14.6. The fourth-order valence-corrected chi connectivity index (χ4v) is 4.85. The van der Waals surface area contributed by atoms with Crippen LogP contribution in [0.3, 0.4) is 0 Å². The Bertz CT molecular complexity index is 1160. The molecule has 1 fully saturated rings. The number of carbonyl (C=O) groups excluding carboxylic acids is 1. The Balaban J connectivity index is 1.90. The van der Waals surface area contributed by atoms with Crippen molar-refractivity contribution in [2.75, 3.05) is 25.5 Å². The zero-order valence-electron chi connectivity index (χ0n) is 19.8. The molecule has 3 rings (SSSR count). The van der Waals surface area contributed by atoms with Gasteiger partial charge in [0.2, 0.25) is 0 Å². The van der Waals surface area contributed by atoms with Gasteiger partial charge >= 0.3 is 6.18 Å². The van der Waals surface area contributed by atoms with Crippen molar-refractivity contribution in [1.82, 2.24) is 14.9 Å². The Morgan fingerprint density at radius 2 is 2.11 bits per heavy atom. The lowest BCUT2D eigenvalue weighted by Gasteiger charge is -2.43. The van der Waals surface area contributed by atoms with Crippen molar-refractivity contribution in [3.63, 3.8) is 0 Å². The molecule has 1 aliphatic rings. The molecule has 0 aromatic carbocycles. The molecule has 194 valence electrons. The predicted octanol–water partition coefficient (Wildman–Crippen LogP) is 5.10. The van der Waals surface area contributed by atoms with Crippen LogP contribution in [0.4, 0.5) is 27.8 Å². The number of carbonyl (C=O) groups is 1. The summed E-state index contributed by atoms with van der Waals surface area (Å²) in [6.45, 7) is 6.00. The average molecular weight is 529 g/mol. The summed E-state index contributed by atoms with van der Waals surface area (Å²) in [5, 5.41) is 3.41. The molecule has 1 N–H and O–H groups in total. The van der Waals surface area contributed by atoms with Gasteiger partial charge in [-0.15, -0.1) is 11.3 Å². The average Bonchev–Trinajstić information content (AvgIpc) is 3.18. The SMILES string of the molecule is C=CC=NC(=NC)c1sc(C)nc1C(=O)N1CC(F)(F)CC(C)C1CNc1ccc(C(F)(F)F)cn1. The van der Waals surface area contributed by atoms with E-state index in [-0.39, 0.29) is 23.9 Å². The van der Waals surface area contributed by atoms with E-state index in [1.807, 2.05) is 0 Å². The summed E-state index contributed by atoms with van der Waals surface area (Å²) in [6, 6.07) is 1.33. The third-order valence-electron chi connectivity index (χ3n) is 5.58. The normalized spacial score (nSPS) is 20.6. The minimum absolute atomic E-state index is 0.00312. The minimum atomic E-state index is -4.53. The van der Waals surface area contributed by atoms with Crippen molar-refractivity contribution in [1.29, 1.82) is 0 Å². The van der Waals surface area contributed by atoms with E-state index in [0.29, 0.717) is 16.1 Å². The number of pyridine rings is 1. The summed E-state index contributed by atoms with van der Waals surface area (Å²) in [5.74, 6) is -4.11. The molecule has 2 atom stereocenters. The Hall–Kier alpha value is -3.22. The lowest BCUT2D eigenvalue weighted by Crippen LogP contribution is -2.57. The van der Waals surface area contributed by atoms with Crippen LogP contribution in [0, 0.1) is 12.8 Å². The Morgan fingerprint density at radius 3 is 2.69 bits per heavy atom. The summed E-state index contributed by atoms with van der Waals surface area (Å²) in [7, 11) is 1.49. The van der Waals surface area contributed by atoms with Gasteiger partial charge in [0, 0.05) is 32.4 Å². The number of aliphatic imine (C=N–C) groups is 2. The topological polar surface area (TPSA) is 82.8 Å². The number of hydrogen-bond acceptors (Lipinski definition) is 6. The molecule has 0 aliphatic carbocycles. The van der Waals surface area contributed by atoms with E-state index in [1.54, 1.807) is 13.8 Å². The first-order valence-corrected chi connectivity index (χ1v) is 11.7. The molecule has 2 aromatic rings. The molecule has 0 spiro atoms. The number of aryl methyl sites for hydroxylation is 1. The van der Waals surface area contributed by atoms with E-state index in [1.165, 1.54) is 19.3 Å². The molecule has 0 saturated carbocycles. The highest BCUT2D eigenvalue weighted by Crippen LogP contribution is 2.36. The number of anilines is 1. The van der Waals surface area contributed by atoms with Crippen LogP contribution in [0.5, 0.6) is 0 Å². The monoisotopic (exact) mass is 528 g/mol. The maximum atomic E-state index is 14.6. The second kappa shape index (κ2) is 10.8. The second-order valence-electron chi connectivity index (χ2n) is 8.32. The fraction of sp³-hybridized carbons (Fsp3) is 0.435. The number of amidine groups is 1. The van der Waals surface area contributed by atoms with Crippen LogP contribution in [0.25, 0.3) is 0 Å². The number of rotatable bonds is 6. The van der Waals surface area contributed by atoms with Crippen LogP contribution in [-0.2, 0) is 6.18 Å². The van der Waals surface area contributed by atoms with E-state index in [0.717, 1.165) is 28.4 Å². The van der Waals surface area contributed by atoms with Crippen molar-refractivity contribution in [2.24, 2.45) is 15.9 Å². The highest BCUT2D eigenvalue weighted by atomic mass is 32.1. The molecule has 0 radical (unpaired) electrons. The highest BCUT2D eigenvalue weighted by molar-refractivity contribution is 7.14. The summed E-state index contributed by atoms with van der Waals surface area (Å²) in [4.78, 5) is 31.3. The van der Waals surface area contributed by atoms with E-state index in [2.05, 4.69) is 31.8 Å². The maximum Gasteiger partial charge on any atom is 0.417 e. The first kappa shape index (κ1) is 27.4. The first-order valence-electron chi connectivity index (χ1n) is 10.9.